The molecule has 1 N–H and O–H groups in total. The van der Waals surface area contributed by atoms with Crippen LogP contribution in [0.15, 0.2) is 46.1 Å². The lowest BCUT2D eigenvalue weighted by atomic mass is 10.2. The van der Waals surface area contributed by atoms with Gasteiger partial charge in [-0.15, -0.1) is 5.10 Å². The third kappa shape index (κ3) is 3.23. The summed E-state index contributed by atoms with van der Waals surface area (Å²) in [6.07, 6.45) is 3.23. The van der Waals surface area contributed by atoms with E-state index in [0.29, 0.717) is 34.5 Å². The molecule has 3 rings (SSSR count). The highest BCUT2D eigenvalue weighted by Gasteiger charge is 2.10. The number of methoxy groups -OCH3 is 1. The minimum atomic E-state index is 0.371. The first-order chi connectivity index (χ1) is 11.7. The maximum Gasteiger partial charge on any atom is 0.219 e. The molecule has 124 valence electrons. The predicted molar refractivity (Wildman–Crippen MR) is 92.3 cm³/mol. The third-order valence-electron chi connectivity index (χ3n) is 3.20. The number of rotatable bonds is 6. The number of H-pyrrole nitrogens is 1. The van der Waals surface area contributed by atoms with E-state index in [2.05, 4.69) is 15.3 Å². The fourth-order valence-corrected chi connectivity index (χ4v) is 2.31. The lowest BCUT2D eigenvalue weighted by Gasteiger charge is -2.09. The van der Waals surface area contributed by atoms with Gasteiger partial charge >= 0.3 is 0 Å². The van der Waals surface area contributed by atoms with Gasteiger partial charge < -0.3 is 13.9 Å². The molecule has 0 saturated carbocycles. The standard InChI is InChI=1S/C16H16N4O3S/c1-3-22-12-7-6-11(9-14(12)21-2)10-17-20-15(18-19-16(20)24)13-5-4-8-23-13/h4-10H,3H2,1-2H3,(H,19,24)/b17-10-. The predicted octanol–water partition coefficient (Wildman–Crippen LogP) is 3.49. The quantitative estimate of drug-likeness (QED) is 0.547. The molecular weight excluding hydrogens is 328 g/mol. The van der Waals surface area contributed by atoms with Crippen LogP contribution >= 0.6 is 12.2 Å². The van der Waals surface area contributed by atoms with Crippen molar-refractivity contribution in [2.75, 3.05) is 13.7 Å². The number of aromatic nitrogens is 3. The number of nitrogens with zero attached hydrogens (tertiary/aromatic N) is 3. The molecule has 0 saturated heterocycles. The van der Waals surface area contributed by atoms with E-state index in [0.717, 1.165) is 5.56 Å². The van der Waals surface area contributed by atoms with Crippen LogP contribution in [0.4, 0.5) is 0 Å². The first-order valence-corrected chi connectivity index (χ1v) is 7.70. The van der Waals surface area contributed by atoms with Gasteiger partial charge in [-0.3, -0.25) is 0 Å². The SMILES string of the molecule is CCOc1ccc(/C=N\n2c(-c3ccco3)n[nH]c2=S)cc1OC. The molecule has 0 amide bonds. The maximum atomic E-state index is 5.50. The van der Waals surface area contributed by atoms with E-state index in [9.17, 15) is 0 Å². The Morgan fingerprint density at radius 1 is 1.38 bits per heavy atom. The van der Waals surface area contributed by atoms with Gasteiger partial charge in [0.25, 0.3) is 0 Å². The minimum Gasteiger partial charge on any atom is -0.493 e. The van der Waals surface area contributed by atoms with Gasteiger partial charge in [-0.25, -0.2) is 5.10 Å². The Morgan fingerprint density at radius 3 is 2.96 bits per heavy atom. The lowest BCUT2D eigenvalue weighted by molar-refractivity contribution is 0.311. The van der Waals surface area contributed by atoms with Crippen molar-refractivity contribution in [1.82, 2.24) is 14.9 Å². The van der Waals surface area contributed by atoms with Gasteiger partial charge in [0, 0.05) is 0 Å². The van der Waals surface area contributed by atoms with Crippen molar-refractivity contribution in [2.24, 2.45) is 5.10 Å². The van der Waals surface area contributed by atoms with Crippen LogP contribution in [0.3, 0.4) is 0 Å². The molecule has 3 aromatic rings. The number of aromatic amines is 1. The fourth-order valence-electron chi connectivity index (χ4n) is 2.13. The molecule has 1 aromatic carbocycles. The number of ether oxygens (including phenoxy) is 2. The average molecular weight is 344 g/mol. The molecule has 8 heteroatoms. The van der Waals surface area contributed by atoms with Gasteiger partial charge in [0.05, 0.1) is 26.2 Å². The zero-order valence-electron chi connectivity index (χ0n) is 13.2. The monoisotopic (exact) mass is 344 g/mol. The van der Waals surface area contributed by atoms with Crippen LogP contribution in [-0.4, -0.2) is 34.8 Å². The largest absolute Gasteiger partial charge is 0.493 e. The fraction of sp³-hybridized carbons (Fsp3) is 0.188. The summed E-state index contributed by atoms with van der Waals surface area (Å²) in [6, 6.07) is 9.12. The molecule has 0 aliphatic heterocycles. The molecule has 0 unspecified atom stereocenters. The van der Waals surface area contributed by atoms with E-state index in [-0.39, 0.29) is 0 Å². The van der Waals surface area contributed by atoms with Gasteiger partial charge in [-0.1, -0.05) is 0 Å². The van der Waals surface area contributed by atoms with Crippen LogP contribution in [0.1, 0.15) is 12.5 Å². The van der Waals surface area contributed by atoms with Gasteiger partial charge in [0.15, 0.2) is 17.3 Å². The second-order valence-corrected chi connectivity index (χ2v) is 5.12. The Labute approximate surface area is 143 Å². The van der Waals surface area contributed by atoms with E-state index >= 15 is 0 Å². The Balaban J connectivity index is 1.92. The smallest absolute Gasteiger partial charge is 0.219 e. The van der Waals surface area contributed by atoms with E-state index in [1.165, 1.54) is 4.68 Å². The summed E-state index contributed by atoms with van der Waals surface area (Å²) in [4.78, 5) is 0. The number of nitrogens with one attached hydrogen (secondary N) is 1. The topological polar surface area (TPSA) is 77.6 Å². The Hall–Kier alpha value is -2.87. The summed E-state index contributed by atoms with van der Waals surface area (Å²) in [6.45, 7) is 2.49. The van der Waals surface area contributed by atoms with Gasteiger partial charge in [-0.05, 0) is 55.0 Å². The molecule has 0 spiro atoms. The second-order valence-electron chi connectivity index (χ2n) is 4.73. The number of benzene rings is 1. The summed E-state index contributed by atoms with van der Waals surface area (Å²) < 4.78 is 18.0. The van der Waals surface area contributed by atoms with Crippen LogP contribution < -0.4 is 9.47 Å². The molecule has 0 radical (unpaired) electrons. The summed E-state index contributed by atoms with van der Waals surface area (Å²) >= 11 is 5.21. The summed E-state index contributed by atoms with van der Waals surface area (Å²) in [5, 5.41) is 11.2. The molecule has 0 atom stereocenters. The van der Waals surface area contributed by atoms with Crippen LogP contribution in [-0.2, 0) is 0 Å². The molecule has 0 bridgehead atoms. The first-order valence-electron chi connectivity index (χ1n) is 7.29. The summed E-state index contributed by atoms with van der Waals surface area (Å²) in [5.74, 6) is 2.40. The van der Waals surface area contributed by atoms with Crippen molar-refractivity contribution in [2.45, 2.75) is 6.92 Å². The zero-order valence-corrected chi connectivity index (χ0v) is 14.0. The van der Waals surface area contributed by atoms with Crippen molar-refractivity contribution < 1.29 is 13.9 Å². The molecular formula is C16H16N4O3S. The van der Waals surface area contributed by atoms with Crippen molar-refractivity contribution in [3.05, 3.63) is 46.9 Å². The molecule has 7 nitrogen and oxygen atoms in total. The Morgan fingerprint density at radius 2 is 2.25 bits per heavy atom. The van der Waals surface area contributed by atoms with Gasteiger partial charge in [0.1, 0.15) is 0 Å². The van der Waals surface area contributed by atoms with E-state index in [1.54, 1.807) is 31.7 Å². The molecule has 0 aliphatic rings. The lowest BCUT2D eigenvalue weighted by Crippen LogP contribution is -1.97. The van der Waals surface area contributed by atoms with Crippen LogP contribution in [0, 0.1) is 4.77 Å². The number of hydrogen-bond acceptors (Lipinski definition) is 6. The molecule has 0 aliphatic carbocycles. The van der Waals surface area contributed by atoms with Crippen molar-refractivity contribution >= 4 is 18.4 Å². The van der Waals surface area contributed by atoms with E-state index in [4.69, 9.17) is 26.1 Å². The van der Waals surface area contributed by atoms with Gasteiger partial charge in [-0.2, -0.15) is 9.78 Å². The van der Waals surface area contributed by atoms with Crippen molar-refractivity contribution in [3.8, 4) is 23.1 Å². The molecule has 2 heterocycles. The summed E-state index contributed by atoms with van der Waals surface area (Å²) in [7, 11) is 1.60. The third-order valence-corrected chi connectivity index (χ3v) is 3.47. The Kier molecular flexibility index (Phi) is 4.76. The molecule has 2 aromatic heterocycles. The van der Waals surface area contributed by atoms with Crippen LogP contribution in [0.25, 0.3) is 11.6 Å². The van der Waals surface area contributed by atoms with E-state index < -0.39 is 0 Å². The van der Waals surface area contributed by atoms with E-state index in [1.807, 2.05) is 25.1 Å². The minimum absolute atomic E-state index is 0.371. The average Bonchev–Trinajstić information content (AvgIpc) is 3.24. The van der Waals surface area contributed by atoms with Gasteiger partial charge in [0.2, 0.25) is 10.6 Å². The van der Waals surface area contributed by atoms with Crippen LogP contribution in [0.5, 0.6) is 11.5 Å². The first kappa shape index (κ1) is 16.0. The highest BCUT2D eigenvalue weighted by atomic mass is 32.1. The maximum absolute atomic E-state index is 5.50. The number of hydrogen-bond donors (Lipinski definition) is 1. The molecule has 24 heavy (non-hydrogen) atoms. The Bertz CT molecular complexity index is 896. The second kappa shape index (κ2) is 7.14. The zero-order chi connectivity index (χ0) is 16.9. The van der Waals surface area contributed by atoms with Crippen molar-refractivity contribution in [3.63, 3.8) is 0 Å². The van der Waals surface area contributed by atoms with Crippen molar-refractivity contribution in [1.29, 1.82) is 0 Å². The highest BCUT2D eigenvalue weighted by Crippen LogP contribution is 2.27. The molecule has 0 fully saturated rings. The highest BCUT2D eigenvalue weighted by molar-refractivity contribution is 7.71. The normalized spacial score (nSPS) is 11.1. The summed E-state index contributed by atoms with van der Waals surface area (Å²) in [5.41, 5.74) is 0.837. The number of furan rings is 1. The van der Waals surface area contributed by atoms with Crippen LogP contribution in [0.2, 0.25) is 0 Å².